The fraction of sp³-hybridized carbons (Fsp3) is 0.500. The van der Waals surface area contributed by atoms with Gasteiger partial charge < -0.3 is 15.9 Å². The molecule has 84 valence electrons. The summed E-state index contributed by atoms with van der Waals surface area (Å²) in [5.74, 6) is 0.146. The maximum absolute atomic E-state index is 8.91. The van der Waals surface area contributed by atoms with Gasteiger partial charge in [-0.1, -0.05) is 31.4 Å². The van der Waals surface area contributed by atoms with Crippen molar-refractivity contribution >= 4 is 5.69 Å². The van der Waals surface area contributed by atoms with Crippen molar-refractivity contribution < 1.29 is 10.2 Å². The van der Waals surface area contributed by atoms with Crippen LogP contribution in [0, 0.1) is 0 Å². The summed E-state index contributed by atoms with van der Waals surface area (Å²) in [5, 5.41) is 17.7. The number of anilines is 1. The molecule has 3 heteroatoms. The van der Waals surface area contributed by atoms with Gasteiger partial charge in [0, 0.05) is 0 Å². The first-order valence-electron chi connectivity index (χ1n) is 5.41. The monoisotopic (exact) mass is 209 g/mol. The summed E-state index contributed by atoms with van der Waals surface area (Å²) >= 11 is 0. The van der Waals surface area contributed by atoms with Gasteiger partial charge in [-0.15, -0.1) is 0 Å². The zero-order valence-corrected chi connectivity index (χ0v) is 8.89. The lowest BCUT2D eigenvalue weighted by Crippen LogP contribution is -2.09. The summed E-state index contributed by atoms with van der Waals surface area (Å²) in [6, 6.07) is 6.70. The molecule has 0 unspecified atom stereocenters. The summed E-state index contributed by atoms with van der Waals surface area (Å²) in [4.78, 5) is 0. The van der Waals surface area contributed by atoms with E-state index in [1.165, 1.54) is 19.3 Å². The van der Waals surface area contributed by atoms with Crippen LogP contribution < -0.4 is 5.73 Å². The van der Waals surface area contributed by atoms with E-state index in [0.717, 1.165) is 12.8 Å². The van der Waals surface area contributed by atoms with E-state index in [9.17, 15) is 0 Å². The Bertz CT molecular complexity index is 262. The third kappa shape index (κ3) is 4.70. The first-order chi connectivity index (χ1) is 7.20. The first kappa shape index (κ1) is 11.9. The quantitative estimate of drug-likeness (QED) is 0.453. The van der Waals surface area contributed by atoms with Crippen molar-refractivity contribution in [2.24, 2.45) is 0 Å². The molecule has 1 aromatic carbocycles. The van der Waals surface area contributed by atoms with E-state index in [2.05, 4.69) is 0 Å². The summed E-state index contributed by atoms with van der Waals surface area (Å²) in [6.07, 6.45) is 5.92. The predicted molar refractivity (Wildman–Crippen MR) is 61.6 cm³/mol. The Morgan fingerprint density at radius 1 is 1.07 bits per heavy atom. The maximum Gasteiger partial charge on any atom is 0.138 e. The molecule has 0 spiro atoms. The van der Waals surface area contributed by atoms with Gasteiger partial charge in [0.05, 0.1) is 11.8 Å². The highest BCUT2D eigenvalue weighted by Gasteiger charge is 2.07. The van der Waals surface area contributed by atoms with E-state index in [1.807, 2.05) is 0 Å². The average molecular weight is 209 g/mol. The van der Waals surface area contributed by atoms with Crippen LogP contribution in [0.1, 0.15) is 32.1 Å². The second-order valence-electron chi connectivity index (χ2n) is 3.85. The summed E-state index contributed by atoms with van der Waals surface area (Å²) in [6.45, 7) is 0. The largest absolute Gasteiger partial charge is 0.506 e. The fourth-order valence-corrected chi connectivity index (χ4v) is 1.57. The van der Waals surface area contributed by atoms with Crippen LogP contribution in [0.3, 0.4) is 0 Å². The van der Waals surface area contributed by atoms with Gasteiger partial charge in [-0.3, -0.25) is 0 Å². The van der Waals surface area contributed by atoms with Gasteiger partial charge >= 0.3 is 0 Å². The van der Waals surface area contributed by atoms with Crippen LogP contribution >= 0.6 is 0 Å². The third-order valence-electron chi connectivity index (χ3n) is 2.51. The normalized spacial score (nSPS) is 16.6. The van der Waals surface area contributed by atoms with Gasteiger partial charge in [0.25, 0.3) is 0 Å². The number of nitrogens with two attached hydrogens (primary N) is 1. The van der Waals surface area contributed by atoms with Crippen LogP contribution in [0.5, 0.6) is 5.75 Å². The van der Waals surface area contributed by atoms with Crippen molar-refractivity contribution in [1.29, 1.82) is 0 Å². The average Bonchev–Trinajstić information content (AvgIpc) is 2.25. The van der Waals surface area contributed by atoms with E-state index in [1.54, 1.807) is 24.3 Å². The molecule has 2 rings (SSSR count). The molecule has 1 saturated carbocycles. The van der Waals surface area contributed by atoms with Crippen LogP contribution in [-0.4, -0.2) is 16.3 Å². The van der Waals surface area contributed by atoms with Crippen molar-refractivity contribution in [2.45, 2.75) is 38.2 Å². The second kappa shape index (κ2) is 6.30. The zero-order valence-electron chi connectivity index (χ0n) is 8.89. The van der Waals surface area contributed by atoms with Crippen LogP contribution in [-0.2, 0) is 0 Å². The molecule has 1 aliphatic carbocycles. The van der Waals surface area contributed by atoms with Crippen molar-refractivity contribution in [3.8, 4) is 5.75 Å². The molecular formula is C12H19NO2. The first-order valence-corrected chi connectivity index (χ1v) is 5.41. The number of hydrogen-bond acceptors (Lipinski definition) is 3. The summed E-state index contributed by atoms with van der Waals surface area (Å²) in [5.41, 5.74) is 5.69. The molecule has 0 amide bonds. The molecule has 4 N–H and O–H groups in total. The van der Waals surface area contributed by atoms with Crippen LogP contribution in [0.15, 0.2) is 24.3 Å². The molecule has 1 aliphatic rings. The van der Waals surface area contributed by atoms with Crippen LogP contribution in [0.25, 0.3) is 0 Å². The van der Waals surface area contributed by atoms with Crippen molar-refractivity contribution in [1.82, 2.24) is 0 Å². The Kier molecular flexibility index (Phi) is 4.98. The smallest absolute Gasteiger partial charge is 0.138 e. The molecule has 0 radical (unpaired) electrons. The van der Waals surface area contributed by atoms with E-state index < -0.39 is 0 Å². The SMILES string of the molecule is Nc1ccccc1O.OC1CCCCC1. The number of phenols is 1. The molecule has 0 heterocycles. The van der Waals surface area contributed by atoms with Crippen LogP contribution in [0.2, 0.25) is 0 Å². The van der Waals surface area contributed by atoms with Gasteiger partial charge in [-0.05, 0) is 25.0 Å². The molecular weight excluding hydrogens is 190 g/mol. The summed E-state index contributed by atoms with van der Waals surface area (Å²) < 4.78 is 0. The Hall–Kier alpha value is -1.22. The predicted octanol–water partition coefficient (Wildman–Crippen LogP) is 2.29. The van der Waals surface area contributed by atoms with Gasteiger partial charge in [0.1, 0.15) is 5.75 Å². The minimum Gasteiger partial charge on any atom is -0.506 e. The van der Waals surface area contributed by atoms with Gasteiger partial charge in [0.15, 0.2) is 0 Å². The van der Waals surface area contributed by atoms with Crippen LogP contribution in [0.4, 0.5) is 5.69 Å². The molecule has 0 aromatic heterocycles. The van der Waals surface area contributed by atoms with Gasteiger partial charge in [-0.25, -0.2) is 0 Å². The highest BCUT2D eigenvalue weighted by molar-refractivity contribution is 5.50. The Labute approximate surface area is 90.5 Å². The Morgan fingerprint density at radius 2 is 1.67 bits per heavy atom. The van der Waals surface area contributed by atoms with E-state index >= 15 is 0 Å². The topological polar surface area (TPSA) is 66.5 Å². The molecule has 0 aliphatic heterocycles. The number of para-hydroxylation sites is 2. The number of benzene rings is 1. The Balaban J connectivity index is 0.000000151. The highest BCUT2D eigenvalue weighted by atomic mass is 16.3. The standard InChI is InChI=1S/C6H7NO.C6H12O/c7-5-3-1-2-4-6(5)8;7-6-4-2-1-3-5-6/h1-4,8H,7H2;6-7H,1-5H2. The number of hydrogen-bond donors (Lipinski definition) is 3. The molecule has 3 nitrogen and oxygen atoms in total. The minimum absolute atomic E-state index is 0.0359. The lowest BCUT2D eigenvalue weighted by Gasteiger charge is -2.14. The Morgan fingerprint density at radius 3 is 2.00 bits per heavy atom. The number of phenolic OH excluding ortho intramolecular Hbond substituents is 1. The van der Waals surface area contributed by atoms with Crippen molar-refractivity contribution in [3.05, 3.63) is 24.3 Å². The summed E-state index contributed by atoms with van der Waals surface area (Å²) in [7, 11) is 0. The zero-order chi connectivity index (χ0) is 11.1. The number of aromatic hydroxyl groups is 1. The van der Waals surface area contributed by atoms with Crippen molar-refractivity contribution in [3.63, 3.8) is 0 Å². The number of nitrogen functional groups attached to an aromatic ring is 1. The number of rotatable bonds is 0. The van der Waals surface area contributed by atoms with E-state index in [-0.39, 0.29) is 11.9 Å². The molecule has 0 bridgehead atoms. The maximum atomic E-state index is 8.91. The van der Waals surface area contributed by atoms with Crippen molar-refractivity contribution in [2.75, 3.05) is 5.73 Å². The minimum atomic E-state index is 0.0359. The molecule has 0 saturated heterocycles. The number of aliphatic hydroxyl groups excluding tert-OH is 1. The third-order valence-corrected chi connectivity index (χ3v) is 2.51. The molecule has 0 atom stereocenters. The highest BCUT2D eigenvalue weighted by Crippen LogP contribution is 2.16. The van der Waals surface area contributed by atoms with E-state index in [0.29, 0.717) is 5.69 Å². The number of aliphatic hydroxyl groups is 1. The molecule has 1 aromatic rings. The lowest BCUT2D eigenvalue weighted by molar-refractivity contribution is 0.130. The van der Waals surface area contributed by atoms with E-state index in [4.69, 9.17) is 15.9 Å². The fourth-order valence-electron chi connectivity index (χ4n) is 1.57. The molecule has 1 fully saturated rings. The molecule has 15 heavy (non-hydrogen) atoms. The second-order valence-corrected chi connectivity index (χ2v) is 3.85. The van der Waals surface area contributed by atoms with Gasteiger partial charge in [0.2, 0.25) is 0 Å². The lowest BCUT2D eigenvalue weighted by atomic mass is 9.98. The van der Waals surface area contributed by atoms with Gasteiger partial charge in [-0.2, -0.15) is 0 Å².